The quantitative estimate of drug-likeness (QED) is 0.775. The summed E-state index contributed by atoms with van der Waals surface area (Å²) in [6.07, 6.45) is -0.556. The maximum atomic E-state index is 9.88. The van der Waals surface area contributed by atoms with Crippen molar-refractivity contribution < 1.29 is 10.2 Å². The van der Waals surface area contributed by atoms with Crippen LogP contribution in [-0.2, 0) is 0 Å². The van der Waals surface area contributed by atoms with E-state index < -0.39 is 11.7 Å². The molecule has 1 atom stereocenters. The van der Waals surface area contributed by atoms with Gasteiger partial charge >= 0.3 is 0 Å². The summed E-state index contributed by atoms with van der Waals surface area (Å²) < 4.78 is 0.950. The van der Waals surface area contributed by atoms with Crippen LogP contribution in [0.4, 0.5) is 0 Å². The third kappa shape index (κ3) is 5.07. The van der Waals surface area contributed by atoms with Gasteiger partial charge in [0.25, 0.3) is 0 Å². The second-order valence-corrected chi connectivity index (χ2v) is 5.43. The first kappa shape index (κ1) is 13.6. The maximum Gasteiger partial charge on any atom is 0.0914 e. The lowest BCUT2D eigenvalue weighted by Gasteiger charge is -2.19. The van der Waals surface area contributed by atoms with Gasteiger partial charge in [0.2, 0.25) is 0 Å². The molecule has 0 amide bonds. The van der Waals surface area contributed by atoms with Crippen molar-refractivity contribution in [1.82, 2.24) is 5.32 Å². The summed E-state index contributed by atoms with van der Waals surface area (Å²) in [6, 6.07) is 7.57. The summed E-state index contributed by atoms with van der Waals surface area (Å²) in [7, 11) is 0. The monoisotopic (exact) mass is 287 g/mol. The van der Waals surface area contributed by atoms with Crippen LogP contribution in [0.2, 0.25) is 0 Å². The molecular formula is C12H18BrNO2. The van der Waals surface area contributed by atoms with Crippen LogP contribution in [0.5, 0.6) is 0 Å². The van der Waals surface area contributed by atoms with Gasteiger partial charge in [0.15, 0.2) is 0 Å². The van der Waals surface area contributed by atoms with E-state index in [-0.39, 0.29) is 0 Å². The Morgan fingerprint density at radius 2 is 2.12 bits per heavy atom. The summed E-state index contributed by atoms with van der Waals surface area (Å²) in [5.41, 5.74) is 0.106. The maximum absolute atomic E-state index is 9.88. The molecule has 0 radical (unpaired) electrons. The second kappa shape index (κ2) is 5.77. The summed E-state index contributed by atoms with van der Waals surface area (Å²) in [4.78, 5) is 0. The molecule has 1 aromatic rings. The molecule has 0 spiro atoms. The summed E-state index contributed by atoms with van der Waals surface area (Å²) in [6.45, 7) is 4.34. The number of aliphatic hydroxyl groups excluding tert-OH is 1. The van der Waals surface area contributed by atoms with Gasteiger partial charge in [-0.25, -0.2) is 0 Å². The summed E-state index contributed by atoms with van der Waals surface area (Å²) >= 11 is 3.36. The van der Waals surface area contributed by atoms with Gasteiger partial charge < -0.3 is 15.5 Å². The second-order valence-electron chi connectivity index (χ2n) is 4.51. The van der Waals surface area contributed by atoms with Gasteiger partial charge in [-0.2, -0.15) is 0 Å². The van der Waals surface area contributed by atoms with Crippen LogP contribution in [0, 0.1) is 0 Å². The van der Waals surface area contributed by atoms with Crippen molar-refractivity contribution in [1.29, 1.82) is 0 Å². The van der Waals surface area contributed by atoms with Gasteiger partial charge in [0, 0.05) is 17.6 Å². The predicted molar refractivity (Wildman–Crippen MR) is 68.3 cm³/mol. The normalized spacial score (nSPS) is 13.8. The molecule has 0 saturated heterocycles. The Balaban J connectivity index is 2.44. The molecule has 0 heterocycles. The number of hydrogen-bond acceptors (Lipinski definition) is 3. The van der Waals surface area contributed by atoms with Crippen molar-refractivity contribution in [2.75, 3.05) is 13.1 Å². The molecule has 90 valence electrons. The van der Waals surface area contributed by atoms with E-state index >= 15 is 0 Å². The number of halogens is 1. The topological polar surface area (TPSA) is 52.5 Å². The third-order valence-electron chi connectivity index (χ3n) is 2.13. The molecular weight excluding hydrogens is 270 g/mol. The van der Waals surface area contributed by atoms with Gasteiger partial charge in [0.1, 0.15) is 0 Å². The van der Waals surface area contributed by atoms with E-state index in [0.29, 0.717) is 13.1 Å². The van der Waals surface area contributed by atoms with E-state index in [1.54, 1.807) is 13.8 Å². The Kier molecular flexibility index (Phi) is 4.92. The first-order chi connectivity index (χ1) is 7.38. The van der Waals surface area contributed by atoms with E-state index in [2.05, 4.69) is 21.2 Å². The molecule has 0 bridgehead atoms. The molecule has 4 heteroatoms. The fourth-order valence-corrected chi connectivity index (χ4v) is 1.76. The lowest BCUT2D eigenvalue weighted by molar-refractivity contribution is 0.0739. The van der Waals surface area contributed by atoms with Crippen LogP contribution < -0.4 is 5.32 Å². The van der Waals surface area contributed by atoms with Crippen LogP contribution in [0.3, 0.4) is 0 Å². The van der Waals surface area contributed by atoms with Gasteiger partial charge in [-0.15, -0.1) is 0 Å². The molecule has 0 fully saturated rings. The van der Waals surface area contributed by atoms with Crippen LogP contribution in [0.1, 0.15) is 25.5 Å². The standard InChI is InChI=1S/C12H18BrNO2/c1-12(2,16)8-14-7-11(15)9-4-3-5-10(13)6-9/h3-6,11,14-16H,7-8H2,1-2H3. The Hall–Kier alpha value is -0.420. The van der Waals surface area contributed by atoms with Crippen LogP contribution in [-0.4, -0.2) is 28.9 Å². The Labute approximate surface area is 105 Å². The van der Waals surface area contributed by atoms with E-state index in [4.69, 9.17) is 0 Å². The number of hydrogen-bond donors (Lipinski definition) is 3. The first-order valence-corrected chi connectivity index (χ1v) is 6.04. The third-order valence-corrected chi connectivity index (χ3v) is 2.62. The van der Waals surface area contributed by atoms with E-state index in [9.17, 15) is 10.2 Å². The average Bonchev–Trinajstić information content (AvgIpc) is 2.15. The van der Waals surface area contributed by atoms with Gasteiger partial charge in [-0.05, 0) is 31.5 Å². The van der Waals surface area contributed by atoms with E-state index in [0.717, 1.165) is 10.0 Å². The van der Waals surface area contributed by atoms with Crippen molar-refractivity contribution in [2.24, 2.45) is 0 Å². The smallest absolute Gasteiger partial charge is 0.0914 e. The lowest BCUT2D eigenvalue weighted by atomic mass is 10.1. The van der Waals surface area contributed by atoms with Gasteiger partial charge in [0.05, 0.1) is 11.7 Å². The molecule has 3 nitrogen and oxygen atoms in total. The summed E-state index contributed by atoms with van der Waals surface area (Å²) in [5.74, 6) is 0. The SMILES string of the molecule is CC(C)(O)CNCC(O)c1cccc(Br)c1. The minimum absolute atomic E-state index is 0.431. The number of rotatable bonds is 5. The van der Waals surface area contributed by atoms with Crippen LogP contribution >= 0.6 is 15.9 Å². The zero-order chi connectivity index (χ0) is 12.2. The zero-order valence-electron chi connectivity index (χ0n) is 9.57. The van der Waals surface area contributed by atoms with Gasteiger partial charge in [-0.3, -0.25) is 0 Å². The molecule has 0 aliphatic heterocycles. The average molecular weight is 288 g/mol. The Bertz CT molecular complexity index is 336. The molecule has 0 saturated carbocycles. The van der Waals surface area contributed by atoms with Crippen molar-refractivity contribution >= 4 is 15.9 Å². The molecule has 16 heavy (non-hydrogen) atoms. The van der Waals surface area contributed by atoms with E-state index in [1.165, 1.54) is 0 Å². The largest absolute Gasteiger partial charge is 0.389 e. The first-order valence-electron chi connectivity index (χ1n) is 5.25. The number of nitrogens with one attached hydrogen (secondary N) is 1. The van der Waals surface area contributed by atoms with Crippen molar-refractivity contribution in [3.63, 3.8) is 0 Å². The van der Waals surface area contributed by atoms with Crippen LogP contribution in [0.25, 0.3) is 0 Å². The van der Waals surface area contributed by atoms with Crippen LogP contribution in [0.15, 0.2) is 28.7 Å². The van der Waals surface area contributed by atoms with Crippen molar-refractivity contribution in [3.8, 4) is 0 Å². The molecule has 0 aliphatic carbocycles. The minimum atomic E-state index is -0.753. The van der Waals surface area contributed by atoms with Crippen molar-refractivity contribution in [2.45, 2.75) is 25.6 Å². The fraction of sp³-hybridized carbons (Fsp3) is 0.500. The predicted octanol–water partition coefficient (Wildman–Crippen LogP) is 1.84. The highest BCUT2D eigenvalue weighted by atomic mass is 79.9. The molecule has 0 aromatic heterocycles. The summed E-state index contributed by atoms with van der Waals surface area (Å²) in [5, 5.41) is 22.4. The zero-order valence-corrected chi connectivity index (χ0v) is 11.2. The van der Waals surface area contributed by atoms with Gasteiger partial charge in [-0.1, -0.05) is 28.1 Å². The highest BCUT2D eigenvalue weighted by Gasteiger charge is 2.13. The number of aliphatic hydroxyl groups is 2. The minimum Gasteiger partial charge on any atom is -0.389 e. The lowest BCUT2D eigenvalue weighted by Crippen LogP contribution is -2.36. The highest BCUT2D eigenvalue weighted by molar-refractivity contribution is 9.10. The Morgan fingerprint density at radius 1 is 1.44 bits per heavy atom. The Morgan fingerprint density at radius 3 is 2.69 bits per heavy atom. The van der Waals surface area contributed by atoms with Crippen molar-refractivity contribution in [3.05, 3.63) is 34.3 Å². The molecule has 1 aromatic carbocycles. The molecule has 1 unspecified atom stereocenters. The molecule has 3 N–H and O–H groups in total. The molecule has 0 aliphatic rings. The molecule has 1 rings (SSSR count). The number of benzene rings is 1. The highest BCUT2D eigenvalue weighted by Crippen LogP contribution is 2.17. The fourth-order valence-electron chi connectivity index (χ4n) is 1.35. The van der Waals surface area contributed by atoms with E-state index in [1.807, 2.05) is 24.3 Å².